The van der Waals surface area contributed by atoms with Crippen molar-refractivity contribution in [2.75, 3.05) is 0 Å². The first-order valence-corrected chi connectivity index (χ1v) is 7.82. The average Bonchev–Trinajstić information content (AvgIpc) is 2.33. The van der Waals surface area contributed by atoms with Crippen LogP contribution in [0.4, 0.5) is 0 Å². The maximum Gasteiger partial charge on any atom is 0.233 e. The number of amides is 1. The highest BCUT2D eigenvalue weighted by atomic mass is 32.1. The standard InChI is InChI=1S/C15H28N2OS/c1-5-15(6-2,12(16)19)13(18)17-11-9-7-8-10-14(11,3)4/h11H,5-10H2,1-4H3,(H2,16,19)(H,17,18). The fourth-order valence-electron chi connectivity index (χ4n) is 3.09. The molecule has 0 heterocycles. The molecule has 0 saturated heterocycles. The second-order valence-electron chi connectivity index (χ2n) is 6.41. The summed E-state index contributed by atoms with van der Waals surface area (Å²) in [6.07, 6.45) is 5.99. The van der Waals surface area contributed by atoms with Crippen molar-refractivity contribution in [3.63, 3.8) is 0 Å². The first kappa shape index (κ1) is 16.4. The van der Waals surface area contributed by atoms with Gasteiger partial charge in [-0.05, 0) is 31.1 Å². The van der Waals surface area contributed by atoms with Crippen LogP contribution < -0.4 is 11.1 Å². The Bertz CT molecular complexity index is 348. The van der Waals surface area contributed by atoms with Crippen LogP contribution in [0, 0.1) is 10.8 Å². The highest BCUT2D eigenvalue weighted by Crippen LogP contribution is 2.36. The second kappa shape index (κ2) is 6.21. The van der Waals surface area contributed by atoms with E-state index >= 15 is 0 Å². The number of nitrogens with one attached hydrogen (secondary N) is 1. The fourth-order valence-corrected chi connectivity index (χ4v) is 3.47. The van der Waals surface area contributed by atoms with Gasteiger partial charge in [0.15, 0.2) is 0 Å². The van der Waals surface area contributed by atoms with E-state index in [0.29, 0.717) is 17.8 Å². The van der Waals surface area contributed by atoms with Gasteiger partial charge in [-0.3, -0.25) is 4.79 Å². The van der Waals surface area contributed by atoms with Crippen molar-refractivity contribution in [2.45, 2.75) is 72.3 Å². The molecule has 110 valence electrons. The first-order valence-electron chi connectivity index (χ1n) is 7.41. The number of carbonyl (C=O) groups excluding carboxylic acids is 1. The van der Waals surface area contributed by atoms with Crippen molar-refractivity contribution in [3.8, 4) is 0 Å². The molecule has 1 aliphatic carbocycles. The molecule has 1 rings (SSSR count). The van der Waals surface area contributed by atoms with Crippen molar-refractivity contribution in [1.82, 2.24) is 5.32 Å². The summed E-state index contributed by atoms with van der Waals surface area (Å²) in [6.45, 7) is 8.43. The molecule has 1 aliphatic rings. The maximum atomic E-state index is 12.6. The van der Waals surface area contributed by atoms with E-state index in [4.69, 9.17) is 18.0 Å². The molecule has 1 unspecified atom stereocenters. The van der Waals surface area contributed by atoms with Gasteiger partial charge in [0, 0.05) is 6.04 Å². The quantitative estimate of drug-likeness (QED) is 0.762. The van der Waals surface area contributed by atoms with Gasteiger partial charge in [0.25, 0.3) is 0 Å². The zero-order valence-corrected chi connectivity index (χ0v) is 13.5. The van der Waals surface area contributed by atoms with E-state index in [0.717, 1.165) is 12.8 Å². The molecule has 1 saturated carbocycles. The minimum atomic E-state index is -0.678. The Morgan fingerprint density at radius 1 is 1.37 bits per heavy atom. The van der Waals surface area contributed by atoms with Gasteiger partial charge in [-0.15, -0.1) is 0 Å². The molecule has 3 N–H and O–H groups in total. The predicted octanol–water partition coefficient (Wildman–Crippen LogP) is 3.16. The van der Waals surface area contributed by atoms with Crippen LogP contribution in [-0.2, 0) is 4.79 Å². The van der Waals surface area contributed by atoms with Gasteiger partial charge in [0.1, 0.15) is 0 Å². The van der Waals surface area contributed by atoms with Crippen molar-refractivity contribution in [3.05, 3.63) is 0 Å². The highest BCUT2D eigenvalue weighted by Gasteiger charge is 2.41. The number of hydrogen-bond acceptors (Lipinski definition) is 2. The van der Waals surface area contributed by atoms with Crippen LogP contribution in [-0.4, -0.2) is 16.9 Å². The molecule has 19 heavy (non-hydrogen) atoms. The molecular weight excluding hydrogens is 256 g/mol. The summed E-state index contributed by atoms with van der Waals surface area (Å²) in [5.41, 5.74) is 5.32. The van der Waals surface area contributed by atoms with Gasteiger partial charge in [-0.1, -0.05) is 52.8 Å². The smallest absolute Gasteiger partial charge is 0.233 e. The van der Waals surface area contributed by atoms with Gasteiger partial charge in [0.05, 0.1) is 10.4 Å². The Hall–Kier alpha value is -0.640. The van der Waals surface area contributed by atoms with E-state index in [1.54, 1.807) is 0 Å². The lowest BCUT2D eigenvalue weighted by atomic mass is 9.72. The maximum absolute atomic E-state index is 12.6. The Morgan fingerprint density at radius 2 is 1.95 bits per heavy atom. The molecule has 1 fully saturated rings. The number of hydrogen-bond donors (Lipinski definition) is 2. The number of carbonyl (C=O) groups is 1. The third kappa shape index (κ3) is 3.28. The topological polar surface area (TPSA) is 55.1 Å². The SMILES string of the molecule is CCC(CC)(C(=O)NC1CCCCC1(C)C)C(N)=S. The molecule has 0 aromatic carbocycles. The van der Waals surface area contributed by atoms with E-state index in [9.17, 15) is 4.79 Å². The Morgan fingerprint density at radius 3 is 2.37 bits per heavy atom. The van der Waals surface area contributed by atoms with E-state index in [1.165, 1.54) is 12.8 Å². The summed E-state index contributed by atoms with van der Waals surface area (Å²) in [6, 6.07) is 0.237. The molecule has 1 atom stereocenters. The average molecular weight is 284 g/mol. The number of thiocarbonyl (C=S) groups is 1. The molecule has 0 spiro atoms. The summed E-state index contributed by atoms with van der Waals surface area (Å²) in [4.78, 5) is 13.0. The van der Waals surface area contributed by atoms with Gasteiger partial charge in [0.2, 0.25) is 5.91 Å². The minimum Gasteiger partial charge on any atom is -0.392 e. The van der Waals surface area contributed by atoms with Crippen molar-refractivity contribution < 1.29 is 4.79 Å². The summed E-state index contributed by atoms with van der Waals surface area (Å²) < 4.78 is 0. The zero-order valence-electron chi connectivity index (χ0n) is 12.7. The minimum absolute atomic E-state index is 0.0185. The van der Waals surface area contributed by atoms with Gasteiger partial charge >= 0.3 is 0 Å². The zero-order chi connectivity index (χ0) is 14.7. The lowest BCUT2D eigenvalue weighted by Gasteiger charge is -2.41. The fraction of sp³-hybridized carbons (Fsp3) is 0.867. The third-order valence-electron chi connectivity index (χ3n) is 4.93. The van der Waals surface area contributed by atoms with Crippen LogP contribution >= 0.6 is 12.2 Å². The van der Waals surface area contributed by atoms with Gasteiger partial charge < -0.3 is 11.1 Å². The lowest BCUT2D eigenvalue weighted by Crippen LogP contribution is -2.55. The second-order valence-corrected chi connectivity index (χ2v) is 6.85. The van der Waals surface area contributed by atoms with Crippen LogP contribution in [0.3, 0.4) is 0 Å². The third-order valence-corrected chi connectivity index (χ3v) is 5.32. The number of nitrogens with two attached hydrogens (primary N) is 1. The summed E-state index contributed by atoms with van der Waals surface area (Å²) in [7, 11) is 0. The van der Waals surface area contributed by atoms with Crippen molar-refractivity contribution >= 4 is 23.1 Å². The van der Waals surface area contributed by atoms with E-state index < -0.39 is 5.41 Å². The Kier molecular flexibility index (Phi) is 5.36. The van der Waals surface area contributed by atoms with Gasteiger partial charge in [-0.2, -0.15) is 0 Å². The first-order chi connectivity index (χ1) is 8.80. The van der Waals surface area contributed by atoms with Gasteiger partial charge in [-0.25, -0.2) is 0 Å². The molecule has 0 bridgehead atoms. The van der Waals surface area contributed by atoms with E-state index in [2.05, 4.69) is 19.2 Å². The van der Waals surface area contributed by atoms with Crippen molar-refractivity contribution in [2.24, 2.45) is 16.6 Å². The Balaban J connectivity index is 2.85. The normalized spacial score (nSPS) is 22.8. The summed E-state index contributed by atoms with van der Waals surface area (Å²) in [5.74, 6) is 0.0185. The highest BCUT2D eigenvalue weighted by molar-refractivity contribution is 7.80. The van der Waals surface area contributed by atoms with E-state index in [1.807, 2.05) is 13.8 Å². The predicted molar refractivity (Wildman–Crippen MR) is 84.0 cm³/mol. The monoisotopic (exact) mass is 284 g/mol. The van der Waals surface area contributed by atoms with E-state index in [-0.39, 0.29) is 17.4 Å². The molecule has 0 aromatic heterocycles. The summed E-state index contributed by atoms with van der Waals surface area (Å²) in [5, 5.41) is 3.23. The molecule has 1 amide bonds. The van der Waals surface area contributed by atoms with Crippen LogP contribution in [0.15, 0.2) is 0 Å². The Labute approximate surface area is 122 Å². The largest absolute Gasteiger partial charge is 0.392 e. The van der Waals surface area contributed by atoms with Crippen LogP contribution in [0.2, 0.25) is 0 Å². The summed E-state index contributed by atoms with van der Waals surface area (Å²) >= 11 is 5.15. The number of rotatable bonds is 5. The van der Waals surface area contributed by atoms with Crippen LogP contribution in [0.5, 0.6) is 0 Å². The molecule has 0 radical (unpaired) electrons. The van der Waals surface area contributed by atoms with Crippen LogP contribution in [0.25, 0.3) is 0 Å². The van der Waals surface area contributed by atoms with Crippen molar-refractivity contribution in [1.29, 1.82) is 0 Å². The van der Waals surface area contributed by atoms with Crippen LogP contribution in [0.1, 0.15) is 66.2 Å². The molecule has 0 aliphatic heterocycles. The molecule has 4 heteroatoms. The lowest BCUT2D eigenvalue weighted by molar-refractivity contribution is -0.129. The molecule has 0 aromatic rings. The molecule has 3 nitrogen and oxygen atoms in total. The molecular formula is C15H28N2OS.